The van der Waals surface area contributed by atoms with Crippen molar-refractivity contribution in [2.24, 2.45) is 5.92 Å². The van der Waals surface area contributed by atoms with Crippen molar-refractivity contribution in [3.8, 4) is 5.06 Å². The molecule has 31 heavy (non-hydrogen) atoms. The lowest BCUT2D eigenvalue weighted by molar-refractivity contribution is -0.141. The number of rotatable bonds is 7. The van der Waals surface area contributed by atoms with Crippen molar-refractivity contribution in [2.45, 2.75) is 38.9 Å². The molecule has 8 nitrogen and oxygen atoms in total. The van der Waals surface area contributed by atoms with E-state index < -0.39 is 23.3 Å². The number of ether oxygens (including phenoxy) is 1. The summed E-state index contributed by atoms with van der Waals surface area (Å²) in [5.74, 6) is -0.116. The van der Waals surface area contributed by atoms with Crippen LogP contribution < -0.4 is 15.6 Å². The van der Waals surface area contributed by atoms with E-state index in [9.17, 15) is 22.8 Å². The molecule has 1 N–H and O–H groups in total. The Labute approximate surface area is 178 Å². The zero-order valence-electron chi connectivity index (χ0n) is 16.8. The van der Waals surface area contributed by atoms with E-state index in [4.69, 9.17) is 4.74 Å². The summed E-state index contributed by atoms with van der Waals surface area (Å²) in [6.07, 6.45) is -2.09. The number of hydrogen-bond donors (Lipinski definition) is 1. The standard InChI is InChI=1S/C19H20F3N5O3S/c1-3-23-16(29)15-17(30-2)31-18-24-11(7-14(28)27(15)18)9-26-12(6-10-4-5-10)8-13(25-26)19(20,21)22/h7-8,10H,3-6,9H2,1-2H3,(H,23,29). The number of nitrogens with zero attached hydrogens (tertiary/aromatic N) is 4. The van der Waals surface area contributed by atoms with Crippen molar-refractivity contribution in [2.75, 3.05) is 13.7 Å². The number of thiazole rings is 1. The smallest absolute Gasteiger partial charge is 0.435 e. The number of aromatic nitrogens is 4. The van der Waals surface area contributed by atoms with Gasteiger partial charge in [-0.25, -0.2) is 9.38 Å². The zero-order chi connectivity index (χ0) is 22.3. The second-order valence-electron chi connectivity index (χ2n) is 7.33. The van der Waals surface area contributed by atoms with E-state index in [1.54, 1.807) is 6.92 Å². The number of amides is 1. The molecule has 0 spiro atoms. The van der Waals surface area contributed by atoms with E-state index in [-0.39, 0.29) is 28.0 Å². The van der Waals surface area contributed by atoms with Crippen LogP contribution in [0.2, 0.25) is 0 Å². The lowest BCUT2D eigenvalue weighted by Crippen LogP contribution is -2.28. The molecule has 3 aromatic rings. The number of alkyl halides is 3. The predicted molar refractivity (Wildman–Crippen MR) is 107 cm³/mol. The molecule has 1 aliphatic carbocycles. The first-order valence-electron chi connectivity index (χ1n) is 9.72. The largest absolute Gasteiger partial charge is 0.485 e. The second-order valence-corrected chi connectivity index (χ2v) is 8.27. The minimum Gasteiger partial charge on any atom is -0.485 e. The van der Waals surface area contributed by atoms with Crippen LogP contribution in [0.25, 0.3) is 4.96 Å². The lowest BCUT2D eigenvalue weighted by Gasteiger charge is -2.07. The molecule has 12 heteroatoms. The molecule has 0 aromatic carbocycles. The number of fused-ring (bicyclic) bond motifs is 1. The van der Waals surface area contributed by atoms with Gasteiger partial charge in [-0.15, -0.1) is 0 Å². The van der Waals surface area contributed by atoms with Crippen LogP contribution in [0, 0.1) is 5.92 Å². The van der Waals surface area contributed by atoms with Crippen molar-refractivity contribution in [3.05, 3.63) is 45.3 Å². The quantitative estimate of drug-likeness (QED) is 0.592. The summed E-state index contributed by atoms with van der Waals surface area (Å²) >= 11 is 1.01. The molecule has 166 valence electrons. The minimum absolute atomic E-state index is 0.0428. The van der Waals surface area contributed by atoms with Crippen LogP contribution in [0.15, 0.2) is 16.9 Å². The second kappa shape index (κ2) is 7.98. The zero-order valence-corrected chi connectivity index (χ0v) is 17.6. The monoisotopic (exact) mass is 455 g/mol. The van der Waals surface area contributed by atoms with Gasteiger partial charge in [0.05, 0.1) is 19.3 Å². The van der Waals surface area contributed by atoms with Gasteiger partial charge in [0, 0.05) is 18.3 Å². The summed E-state index contributed by atoms with van der Waals surface area (Å²) in [5.41, 5.74) is -0.722. The van der Waals surface area contributed by atoms with Crippen LogP contribution in [0.3, 0.4) is 0 Å². The highest BCUT2D eigenvalue weighted by Crippen LogP contribution is 2.35. The van der Waals surface area contributed by atoms with E-state index in [2.05, 4.69) is 15.4 Å². The molecule has 0 radical (unpaired) electrons. The topological polar surface area (TPSA) is 90.5 Å². The Kier molecular flexibility index (Phi) is 5.50. The number of nitrogens with one attached hydrogen (secondary N) is 1. The molecule has 0 aliphatic heterocycles. The Hall–Kier alpha value is -2.89. The molecule has 1 fully saturated rings. The number of halogens is 3. The maximum atomic E-state index is 13.2. The van der Waals surface area contributed by atoms with Crippen molar-refractivity contribution < 1.29 is 22.7 Å². The first kappa shape index (κ1) is 21.3. The maximum absolute atomic E-state index is 13.2. The molecular weight excluding hydrogens is 435 g/mol. The van der Waals surface area contributed by atoms with E-state index in [0.29, 0.717) is 24.6 Å². The molecule has 0 unspecified atom stereocenters. The predicted octanol–water partition coefficient (Wildman–Crippen LogP) is 2.73. The Balaban J connectivity index is 1.74. The third-order valence-electron chi connectivity index (χ3n) is 4.94. The van der Waals surface area contributed by atoms with Gasteiger partial charge in [-0.2, -0.15) is 18.3 Å². The van der Waals surface area contributed by atoms with Gasteiger partial charge in [0.25, 0.3) is 11.5 Å². The van der Waals surface area contributed by atoms with E-state index in [1.807, 2.05) is 0 Å². The summed E-state index contributed by atoms with van der Waals surface area (Å²) in [4.78, 5) is 29.8. The van der Waals surface area contributed by atoms with Gasteiger partial charge >= 0.3 is 6.18 Å². The first-order chi connectivity index (χ1) is 14.7. The highest BCUT2D eigenvalue weighted by Gasteiger charge is 2.36. The fraction of sp³-hybridized carbons (Fsp3) is 0.474. The molecule has 4 rings (SSSR count). The molecular formula is C19H20F3N5O3S. The Morgan fingerprint density at radius 2 is 2.10 bits per heavy atom. The third kappa shape index (κ3) is 4.29. The highest BCUT2D eigenvalue weighted by atomic mass is 32.1. The van der Waals surface area contributed by atoms with Gasteiger partial charge in [0.1, 0.15) is 0 Å². The molecule has 1 saturated carbocycles. The van der Waals surface area contributed by atoms with Gasteiger partial charge in [0.15, 0.2) is 11.4 Å². The fourth-order valence-electron chi connectivity index (χ4n) is 3.33. The average Bonchev–Trinajstić information content (AvgIpc) is 3.28. The summed E-state index contributed by atoms with van der Waals surface area (Å²) in [6.45, 7) is 2.03. The third-order valence-corrected chi connectivity index (χ3v) is 5.94. The summed E-state index contributed by atoms with van der Waals surface area (Å²) < 4.78 is 47.2. The maximum Gasteiger partial charge on any atom is 0.435 e. The summed E-state index contributed by atoms with van der Waals surface area (Å²) in [7, 11) is 1.38. The number of methoxy groups -OCH3 is 1. The number of hydrogen-bond acceptors (Lipinski definition) is 6. The van der Waals surface area contributed by atoms with E-state index in [1.165, 1.54) is 17.9 Å². The van der Waals surface area contributed by atoms with Crippen LogP contribution in [0.5, 0.6) is 5.06 Å². The molecule has 3 heterocycles. The van der Waals surface area contributed by atoms with Crippen molar-refractivity contribution in [1.82, 2.24) is 24.5 Å². The Bertz CT molecular complexity index is 1190. The van der Waals surface area contributed by atoms with Crippen molar-refractivity contribution in [3.63, 3.8) is 0 Å². The van der Waals surface area contributed by atoms with Crippen LogP contribution in [0.4, 0.5) is 13.2 Å². The molecule has 1 amide bonds. The average molecular weight is 455 g/mol. The molecule has 0 saturated heterocycles. The van der Waals surface area contributed by atoms with Gasteiger partial charge < -0.3 is 10.1 Å². The Morgan fingerprint density at radius 3 is 2.71 bits per heavy atom. The van der Waals surface area contributed by atoms with Crippen molar-refractivity contribution in [1.29, 1.82) is 0 Å². The molecule has 0 atom stereocenters. The van der Waals surface area contributed by atoms with Crippen LogP contribution in [-0.2, 0) is 19.1 Å². The fourth-order valence-corrected chi connectivity index (χ4v) is 4.29. The minimum atomic E-state index is -4.55. The van der Waals surface area contributed by atoms with Crippen LogP contribution in [0.1, 0.15) is 47.3 Å². The van der Waals surface area contributed by atoms with Crippen LogP contribution in [-0.4, -0.2) is 38.7 Å². The normalized spacial score (nSPS) is 14.2. The molecule has 1 aliphatic rings. The van der Waals surface area contributed by atoms with Gasteiger partial charge in [0.2, 0.25) is 10.0 Å². The van der Waals surface area contributed by atoms with Gasteiger partial charge in [-0.3, -0.25) is 14.3 Å². The van der Waals surface area contributed by atoms with Crippen molar-refractivity contribution >= 4 is 22.2 Å². The SMILES string of the molecule is CCNC(=O)c1c(OC)sc2nc(Cn3nc(C(F)(F)F)cc3CC3CC3)cc(=O)n12. The molecule has 3 aromatic heterocycles. The first-order valence-corrected chi connectivity index (χ1v) is 10.5. The van der Waals surface area contributed by atoms with Gasteiger partial charge in [-0.1, -0.05) is 11.3 Å². The number of carbonyl (C=O) groups excluding carboxylic acids is 1. The van der Waals surface area contributed by atoms with Gasteiger partial charge in [-0.05, 0) is 38.2 Å². The Morgan fingerprint density at radius 1 is 1.35 bits per heavy atom. The molecule has 0 bridgehead atoms. The van der Waals surface area contributed by atoms with E-state index >= 15 is 0 Å². The van der Waals surface area contributed by atoms with Crippen LogP contribution >= 0.6 is 11.3 Å². The lowest BCUT2D eigenvalue weighted by atomic mass is 10.2. The summed E-state index contributed by atoms with van der Waals surface area (Å²) in [5, 5.41) is 6.56. The highest BCUT2D eigenvalue weighted by molar-refractivity contribution is 7.19. The van der Waals surface area contributed by atoms with E-state index in [0.717, 1.165) is 34.6 Å². The summed E-state index contributed by atoms with van der Waals surface area (Å²) in [6, 6.07) is 2.27. The number of carbonyl (C=O) groups is 1.